The van der Waals surface area contributed by atoms with Crippen molar-refractivity contribution in [1.29, 1.82) is 0 Å². The van der Waals surface area contributed by atoms with Crippen molar-refractivity contribution in [2.24, 2.45) is 11.8 Å². The third-order valence-electron chi connectivity index (χ3n) is 6.25. The molecule has 162 valence electrons. The maximum absolute atomic E-state index is 13.0. The first-order valence-electron chi connectivity index (χ1n) is 10.3. The van der Waals surface area contributed by atoms with Crippen molar-refractivity contribution in [3.8, 4) is 0 Å². The SMILES string of the molecule is CC(C)c1ccc(N2CC[C@H](C(C)C(=O)O)C[C@@H]2c2ccc(C(F)(F)F)cc2)cc1. The number of nitrogens with zero attached hydrogens (tertiary/aromatic N) is 1. The van der Waals surface area contributed by atoms with Gasteiger partial charge in [-0.25, -0.2) is 0 Å². The number of hydrogen-bond donors (Lipinski definition) is 1. The highest BCUT2D eigenvalue weighted by Crippen LogP contribution is 2.41. The standard InChI is InChI=1S/C24H28F3NO2/c1-15(2)17-6-10-21(11-7-17)28-13-12-19(16(3)23(29)30)14-22(28)18-4-8-20(9-5-18)24(25,26)27/h4-11,15-16,19,22H,12-14H2,1-3H3,(H,29,30)/t16?,19-,22+/m0/s1. The first kappa shape index (κ1) is 22.2. The predicted octanol–water partition coefficient (Wildman–Crippen LogP) is 6.51. The van der Waals surface area contributed by atoms with Crippen LogP contribution >= 0.6 is 0 Å². The van der Waals surface area contributed by atoms with Gasteiger partial charge in [-0.1, -0.05) is 45.0 Å². The quantitative estimate of drug-likeness (QED) is 0.601. The Morgan fingerprint density at radius 3 is 2.13 bits per heavy atom. The van der Waals surface area contributed by atoms with Gasteiger partial charge in [0.1, 0.15) is 0 Å². The van der Waals surface area contributed by atoms with Gasteiger partial charge in [-0.3, -0.25) is 4.79 Å². The van der Waals surface area contributed by atoms with Crippen LogP contribution in [0.1, 0.15) is 62.3 Å². The highest BCUT2D eigenvalue weighted by atomic mass is 19.4. The Morgan fingerprint density at radius 1 is 1.03 bits per heavy atom. The van der Waals surface area contributed by atoms with Crippen molar-refractivity contribution < 1.29 is 23.1 Å². The second-order valence-corrected chi connectivity index (χ2v) is 8.49. The molecule has 0 amide bonds. The van der Waals surface area contributed by atoms with Crippen LogP contribution in [0, 0.1) is 11.8 Å². The van der Waals surface area contributed by atoms with Gasteiger partial charge in [-0.15, -0.1) is 0 Å². The summed E-state index contributed by atoms with van der Waals surface area (Å²) in [5.41, 5.74) is 2.33. The molecule has 3 rings (SSSR count). The number of aliphatic carboxylic acids is 1. The number of piperidine rings is 1. The molecule has 0 bridgehead atoms. The van der Waals surface area contributed by atoms with E-state index < -0.39 is 23.6 Å². The zero-order valence-electron chi connectivity index (χ0n) is 17.5. The van der Waals surface area contributed by atoms with Gasteiger partial charge in [-0.05, 0) is 60.1 Å². The van der Waals surface area contributed by atoms with Crippen LogP contribution < -0.4 is 4.90 Å². The molecule has 6 heteroatoms. The average Bonchev–Trinajstić information content (AvgIpc) is 2.72. The molecule has 0 saturated carbocycles. The second kappa shape index (κ2) is 8.70. The van der Waals surface area contributed by atoms with Crippen LogP contribution in [-0.4, -0.2) is 17.6 Å². The molecular weight excluding hydrogens is 391 g/mol. The Labute approximate surface area is 175 Å². The molecule has 0 aliphatic carbocycles. The Bertz CT molecular complexity index is 860. The third-order valence-corrected chi connectivity index (χ3v) is 6.25. The van der Waals surface area contributed by atoms with Crippen molar-refractivity contribution in [3.63, 3.8) is 0 Å². The molecule has 3 atom stereocenters. The van der Waals surface area contributed by atoms with E-state index in [0.717, 1.165) is 29.8 Å². The Kier molecular flexibility index (Phi) is 6.44. The molecular formula is C24H28F3NO2. The minimum atomic E-state index is -4.38. The lowest BCUT2D eigenvalue weighted by molar-refractivity contribution is -0.143. The van der Waals surface area contributed by atoms with Gasteiger partial charge in [0.15, 0.2) is 0 Å². The normalized spacial score (nSPS) is 21.0. The first-order valence-corrected chi connectivity index (χ1v) is 10.3. The molecule has 1 aliphatic heterocycles. The molecule has 1 saturated heterocycles. The van der Waals surface area contributed by atoms with Crippen LogP contribution in [0.3, 0.4) is 0 Å². The number of carboxylic acid groups (broad SMARTS) is 1. The van der Waals surface area contributed by atoms with Gasteiger partial charge in [0, 0.05) is 12.2 Å². The molecule has 2 aromatic carbocycles. The zero-order valence-corrected chi connectivity index (χ0v) is 17.5. The van der Waals surface area contributed by atoms with E-state index in [4.69, 9.17) is 0 Å². The van der Waals surface area contributed by atoms with Crippen LogP contribution in [0.25, 0.3) is 0 Å². The fourth-order valence-electron chi connectivity index (χ4n) is 4.22. The number of rotatable bonds is 5. The summed E-state index contributed by atoms with van der Waals surface area (Å²) in [6, 6.07) is 13.4. The summed E-state index contributed by atoms with van der Waals surface area (Å²) in [5.74, 6) is -0.943. The highest BCUT2D eigenvalue weighted by Gasteiger charge is 2.36. The van der Waals surface area contributed by atoms with E-state index in [-0.39, 0.29) is 12.0 Å². The number of carboxylic acids is 1. The smallest absolute Gasteiger partial charge is 0.416 e. The van der Waals surface area contributed by atoms with Crippen LogP contribution in [0.4, 0.5) is 18.9 Å². The van der Waals surface area contributed by atoms with E-state index in [0.29, 0.717) is 18.9 Å². The lowest BCUT2D eigenvalue weighted by Gasteiger charge is -2.42. The molecule has 3 nitrogen and oxygen atoms in total. The van der Waals surface area contributed by atoms with E-state index in [2.05, 4.69) is 30.9 Å². The van der Waals surface area contributed by atoms with E-state index in [9.17, 15) is 23.1 Å². The van der Waals surface area contributed by atoms with Crippen molar-refractivity contribution in [2.45, 2.75) is 51.7 Å². The summed E-state index contributed by atoms with van der Waals surface area (Å²) in [7, 11) is 0. The summed E-state index contributed by atoms with van der Waals surface area (Å²) in [4.78, 5) is 13.7. The van der Waals surface area contributed by atoms with Crippen LogP contribution in [0.2, 0.25) is 0 Å². The monoisotopic (exact) mass is 419 g/mol. The summed E-state index contributed by atoms with van der Waals surface area (Å²) >= 11 is 0. The van der Waals surface area contributed by atoms with Crippen molar-refractivity contribution in [3.05, 3.63) is 65.2 Å². The zero-order chi connectivity index (χ0) is 22.1. The van der Waals surface area contributed by atoms with E-state index in [1.165, 1.54) is 17.7 Å². The molecule has 0 spiro atoms. The number of carbonyl (C=O) groups is 1. The molecule has 2 aromatic rings. The van der Waals surface area contributed by atoms with Gasteiger partial charge in [-0.2, -0.15) is 13.2 Å². The van der Waals surface area contributed by atoms with E-state index >= 15 is 0 Å². The summed E-state index contributed by atoms with van der Waals surface area (Å²) in [6.07, 6.45) is -3.06. The van der Waals surface area contributed by atoms with Crippen molar-refractivity contribution in [2.75, 3.05) is 11.4 Å². The first-order chi connectivity index (χ1) is 14.1. The number of anilines is 1. The molecule has 1 aliphatic rings. The van der Waals surface area contributed by atoms with Gasteiger partial charge in [0.2, 0.25) is 0 Å². The summed E-state index contributed by atoms with van der Waals surface area (Å²) < 4.78 is 39.0. The maximum Gasteiger partial charge on any atom is 0.416 e. The lowest BCUT2D eigenvalue weighted by Crippen LogP contribution is -2.40. The second-order valence-electron chi connectivity index (χ2n) is 8.49. The summed E-state index contributed by atoms with van der Waals surface area (Å²) in [5, 5.41) is 9.44. The average molecular weight is 419 g/mol. The van der Waals surface area contributed by atoms with E-state index in [1.54, 1.807) is 6.92 Å². The maximum atomic E-state index is 13.0. The third kappa shape index (κ3) is 4.79. The fourth-order valence-corrected chi connectivity index (χ4v) is 4.22. The number of hydrogen-bond acceptors (Lipinski definition) is 2. The number of halogens is 3. The highest BCUT2D eigenvalue weighted by molar-refractivity contribution is 5.70. The van der Waals surface area contributed by atoms with Crippen molar-refractivity contribution >= 4 is 11.7 Å². The lowest BCUT2D eigenvalue weighted by atomic mass is 9.79. The van der Waals surface area contributed by atoms with Crippen LogP contribution in [0.15, 0.2) is 48.5 Å². The minimum Gasteiger partial charge on any atom is -0.481 e. The molecule has 1 fully saturated rings. The van der Waals surface area contributed by atoms with Gasteiger partial charge in [0.25, 0.3) is 0 Å². The molecule has 30 heavy (non-hydrogen) atoms. The van der Waals surface area contributed by atoms with Crippen LogP contribution in [-0.2, 0) is 11.0 Å². The Hall–Kier alpha value is -2.50. The van der Waals surface area contributed by atoms with Gasteiger partial charge in [0.05, 0.1) is 17.5 Å². The number of benzene rings is 2. The molecule has 1 N–H and O–H groups in total. The Balaban J connectivity index is 1.93. The predicted molar refractivity (Wildman–Crippen MR) is 112 cm³/mol. The molecule has 1 heterocycles. The van der Waals surface area contributed by atoms with Gasteiger partial charge < -0.3 is 10.0 Å². The molecule has 0 radical (unpaired) electrons. The van der Waals surface area contributed by atoms with Crippen molar-refractivity contribution in [1.82, 2.24) is 0 Å². The molecule has 1 unspecified atom stereocenters. The van der Waals surface area contributed by atoms with Crippen LogP contribution in [0.5, 0.6) is 0 Å². The minimum absolute atomic E-state index is 0.0269. The molecule has 0 aromatic heterocycles. The topological polar surface area (TPSA) is 40.5 Å². The fraction of sp³-hybridized carbons (Fsp3) is 0.458. The van der Waals surface area contributed by atoms with Gasteiger partial charge >= 0.3 is 12.1 Å². The Morgan fingerprint density at radius 2 is 1.63 bits per heavy atom. The van der Waals surface area contributed by atoms with E-state index in [1.807, 2.05) is 12.1 Å². The number of alkyl halides is 3. The largest absolute Gasteiger partial charge is 0.481 e. The summed E-state index contributed by atoms with van der Waals surface area (Å²) in [6.45, 7) is 6.62.